The van der Waals surface area contributed by atoms with Gasteiger partial charge in [0.2, 0.25) is 0 Å². The largest absolute Gasteiger partial charge is 0.480 e. The van der Waals surface area contributed by atoms with E-state index in [0.717, 1.165) is 31.9 Å². The molecule has 5 heteroatoms. The van der Waals surface area contributed by atoms with Crippen molar-refractivity contribution in [2.45, 2.75) is 19.0 Å². The fourth-order valence-corrected chi connectivity index (χ4v) is 4.60. The van der Waals surface area contributed by atoms with Crippen LogP contribution in [0.5, 0.6) is 0 Å². The number of carbonyl (C=O) groups is 1. The molecular weight excluding hydrogens is 330 g/mol. The number of anilines is 1. The van der Waals surface area contributed by atoms with Gasteiger partial charge in [-0.15, -0.1) is 11.3 Å². The zero-order chi connectivity index (χ0) is 16.0. The van der Waals surface area contributed by atoms with E-state index in [9.17, 15) is 9.90 Å². The van der Waals surface area contributed by atoms with E-state index in [1.807, 2.05) is 47.4 Å². The molecule has 0 fully saturated rings. The molecule has 4 rings (SSSR count). The van der Waals surface area contributed by atoms with Gasteiger partial charge in [0.15, 0.2) is 0 Å². The van der Waals surface area contributed by atoms with Crippen molar-refractivity contribution >= 4 is 44.7 Å². The smallest absolute Gasteiger partial charge is 0.326 e. The highest BCUT2D eigenvalue weighted by atomic mass is 35.5. The first kappa shape index (κ1) is 14.5. The van der Waals surface area contributed by atoms with E-state index in [4.69, 9.17) is 11.6 Å². The molecule has 1 aliphatic heterocycles. The van der Waals surface area contributed by atoms with Gasteiger partial charge >= 0.3 is 5.97 Å². The van der Waals surface area contributed by atoms with Crippen molar-refractivity contribution in [1.82, 2.24) is 0 Å². The van der Waals surface area contributed by atoms with Gasteiger partial charge in [0, 0.05) is 33.8 Å². The second-order valence-corrected chi connectivity index (χ2v) is 7.01. The fourth-order valence-electron chi connectivity index (χ4n) is 3.27. The first-order valence-electron chi connectivity index (χ1n) is 7.37. The van der Waals surface area contributed by atoms with Crippen LogP contribution >= 0.6 is 22.9 Å². The number of nitrogens with zero attached hydrogens (tertiary/aromatic N) is 1. The maximum atomic E-state index is 11.7. The Labute approximate surface area is 142 Å². The topological polar surface area (TPSA) is 40.5 Å². The molecule has 0 spiro atoms. The summed E-state index contributed by atoms with van der Waals surface area (Å²) < 4.78 is 1.13. The second-order valence-electron chi connectivity index (χ2n) is 5.69. The molecule has 1 N–H and O–H groups in total. The maximum absolute atomic E-state index is 11.7. The van der Waals surface area contributed by atoms with Crippen molar-refractivity contribution in [2.24, 2.45) is 0 Å². The highest BCUT2D eigenvalue weighted by Crippen LogP contribution is 2.37. The maximum Gasteiger partial charge on any atom is 0.326 e. The molecule has 0 aliphatic carbocycles. The van der Waals surface area contributed by atoms with Crippen LogP contribution in [0.15, 0.2) is 47.8 Å². The summed E-state index contributed by atoms with van der Waals surface area (Å²) in [4.78, 5) is 13.6. The minimum atomic E-state index is -0.785. The number of aliphatic carboxylic acids is 1. The molecule has 2 aromatic carbocycles. The Morgan fingerprint density at radius 3 is 2.91 bits per heavy atom. The minimum Gasteiger partial charge on any atom is -0.480 e. The molecule has 0 saturated carbocycles. The number of carboxylic acid groups (broad SMARTS) is 1. The summed E-state index contributed by atoms with van der Waals surface area (Å²) in [5.74, 6) is -0.785. The number of halogens is 1. The predicted octanol–water partition coefficient (Wildman–Crippen LogP) is 4.57. The number of fused-ring (bicyclic) bond motifs is 2. The molecule has 23 heavy (non-hydrogen) atoms. The number of para-hydroxylation sites is 1. The standard InChI is InChI=1S/C18H14ClNO2S/c19-13-5-3-7-16-17(13)12(10-23-16)9-20-14-6-2-1-4-11(14)8-15(20)18(21)22/h1-7,10,15H,8-9H2,(H,21,22). The van der Waals surface area contributed by atoms with Gasteiger partial charge in [-0.2, -0.15) is 0 Å². The summed E-state index contributed by atoms with van der Waals surface area (Å²) in [5, 5.41) is 13.4. The summed E-state index contributed by atoms with van der Waals surface area (Å²) in [5.41, 5.74) is 3.18. The number of hydrogen-bond donors (Lipinski definition) is 1. The number of benzene rings is 2. The third kappa shape index (κ3) is 2.38. The van der Waals surface area contributed by atoms with Gasteiger partial charge in [-0.25, -0.2) is 4.79 Å². The van der Waals surface area contributed by atoms with Crippen molar-refractivity contribution in [2.75, 3.05) is 4.90 Å². The monoisotopic (exact) mass is 343 g/mol. The minimum absolute atomic E-state index is 0.523. The van der Waals surface area contributed by atoms with E-state index in [2.05, 4.69) is 5.38 Å². The van der Waals surface area contributed by atoms with Gasteiger partial charge in [0.1, 0.15) is 6.04 Å². The fraction of sp³-hybridized carbons (Fsp3) is 0.167. The summed E-state index contributed by atoms with van der Waals surface area (Å²) in [7, 11) is 0. The lowest BCUT2D eigenvalue weighted by molar-refractivity contribution is -0.138. The molecular formula is C18H14ClNO2S. The number of thiophene rings is 1. The van der Waals surface area contributed by atoms with Gasteiger partial charge < -0.3 is 10.0 Å². The quantitative estimate of drug-likeness (QED) is 0.757. The number of rotatable bonds is 3. The lowest BCUT2D eigenvalue weighted by Crippen LogP contribution is -2.38. The molecule has 3 nitrogen and oxygen atoms in total. The first-order valence-corrected chi connectivity index (χ1v) is 8.63. The molecule has 1 atom stereocenters. The number of hydrogen-bond acceptors (Lipinski definition) is 3. The van der Waals surface area contributed by atoms with Crippen molar-refractivity contribution in [1.29, 1.82) is 0 Å². The van der Waals surface area contributed by atoms with Gasteiger partial charge in [-0.1, -0.05) is 35.9 Å². The molecule has 1 aromatic heterocycles. The van der Waals surface area contributed by atoms with E-state index >= 15 is 0 Å². The average Bonchev–Trinajstić information content (AvgIpc) is 3.11. The molecule has 2 heterocycles. The molecule has 1 aliphatic rings. The Bertz CT molecular complexity index is 905. The Morgan fingerprint density at radius 1 is 1.26 bits per heavy atom. The molecule has 0 saturated heterocycles. The van der Waals surface area contributed by atoms with Crippen LogP contribution in [0.25, 0.3) is 10.1 Å². The summed E-state index contributed by atoms with van der Waals surface area (Å²) in [6, 6.07) is 13.3. The normalized spacial score (nSPS) is 16.7. The van der Waals surface area contributed by atoms with Gasteiger partial charge in [0.05, 0.1) is 0 Å². The molecule has 0 amide bonds. The van der Waals surface area contributed by atoms with Crippen molar-refractivity contribution in [3.8, 4) is 0 Å². The third-order valence-corrected chi connectivity index (χ3v) is 5.65. The van der Waals surface area contributed by atoms with Crippen LogP contribution in [0.4, 0.5) is 5.69 Å². The number of carboxylic acids is 1. The second kappa shape index (κ2) is 5.55. The molecule has 0 bridgehead atoms. The predicted molar refractivity (Wildman–Crippen MR) is 94.6 cm³/mol. The van der Waals surface area contributed by atoms with Crippen molar-refractivity contribution in [3.05, 3.63) is 64.0 Å². The van der Waals surface area contributed by atoms with Crippen LogP contribution in [0.2, 0.25) is 5.02 Å². The Kier molecular flexibility index (Phi) is 3.51. The van der Waals surface area contributed by atoms with Crippen molar-refractivity contribution < 1.29 is 9.90 Å². The molecule has 116 valence electrons. The molecule has 3 aromatic rings. The van der Waals surface area contributed by atoms with Gasteiger partial charge in [-0.05, 0) is 34.7 Å². The van der Waals surface area contributed by atoms with Crippen LogP contribution in [-0.2, 0) is 17.8 Å². The van der Waals surface area contributed by atoms with E-state index < -0.39 is 12.0 Å². The molecule has 1 unspecified atom stereocenters. The highest BCUT2D eigenvalue weighted by Gasteiger charge is 2.34. The Hall–Kier alpha value is -2.04. The summed E-state index contributed by atoms with van der Waals surface area (Å²) in [6.07, 6.45) is 0.543. The Balaban J connectivity index is 1.78. The Morgan fingerprint density at radius 2 is 2.09 bits per heavy atom. The molecule has 0 radical (unpaired) electrons. The van der Waals surface area contributed by atoms with Gasteiger partial charge in [0.25, 0.3) is 0 Å². The third-order valence-electron chi connectivity index (χ3n) is 4.34. The van der Waals surface area contributed by atoms with E-state index in [0.29, 0.717) is 13.0 Å². The van der Waals surface area contributed by atoms with Crippen molar-refractivity contribution in [3.63, 3.8) is 0 Å². The average molecular weight is 344 g/mol. The van der Waals surface area contributed by atoms with E-state index in [1.54, 1.807) is 11.3 Å². The van der Waals surface area contributed by atoms with Crippen LogP contribution in [-0.4, -0.2) is 17.1 Å². The lowest BCUT2D eigenvalue weighted by atomic mass is 10.1. The van der Waals surface area contributed by atoms with Crippen LogP contribution in [0.1, 0.15) is 11.1 Å². The van der Waals surface area contributed by atoms with E-state index in [-0.39, 0.29) is 0 Å². The van der Waals surface area contributed by atoms with Crippen LogP contribution in [0, 0.1) is 0 Å². The first-order chi connectivity index (χ1) is 11.1. The lowest BCUT2D eigenvalue weighted by Gasteiger charge is -2.24. The van der Waals surface area contributed by atoms with Gasteiger partial charge in [-0.3, -0.25) is 0 Å². The van der Waals surface area contributed by atoms with Crippen LogP contribution < -0.4 is 4.90 Å². The van der Waals surface area contributed by atoms with Crippen LogP contribution in [0.3, 0.4) is 0 Å². The summed E-state index contributed by atoms with van der Waals surface area (Å²) >= 11 is 8.00. The SMILES string of the molecule is O=C(O)C1Cc2ccccc2N1Cc1csc2cccc(Cl)c12. The zero-order valence-corrected chi connectivity index (χ0v) is 13.8. The summed E-state index contributed by atoms with van der Waals surface area (Å²) in [6.45, 7) is 0.553. The van der Waals surface area contributed by atoms with E-state index in [1.165, 1.54) is 0 Å². The zero-order valence-electron chi connectivity index (χ0n) is 12.2. The highest BCUT2D eigenvalue weighted by molar-refractivity contribution is 7.17.